The summed E-state index contributed by atoms with van der Waals surface area (Å²) in [5.74, 6) is -10.5. The van der Waals surface area contributed by atoms with E-state index in [2.05, 4.69) is 21.3 Å². The molecule has 0 fully saturated rings. The third-order valence-electron chi connectivity index (χ3n) is 7.28. The van der Waals surface area contributed by atoms with Crippen LogP contribution >= 0.6 is 0 Å². The molecule has 6 N–H and O–H groups in total. The first-order valence-electron chi connectivity index (χ1n) is 14.9. The van der Waals surface area contributed by atoms with Gasteiger partial charge in [0.1, 0.15) is 11.4 Å². The van der Waals surface area contributed by atoms with Crippen LogP contribution in [0.15, 0.2) is 0 Å². The van der Waals surface area contributed by atoms with E-state index in [0.29, 0.717) is 6.42 Å². The van der Waals surface area contributed by atoms with E-state index in [-0.39, 0.29) is 45.2 Å². The summed E-state index contributed by atoms with van der Waals surface area (Å²) in [6.45, 7) is 3.37. The van der Waals surface area contributed by atoms with Gasteiger partial charge in [0, 0.05) is 50.4 Å². The molecule has 0 aromatic rings. The summed E-state index contributed by atoms with van der Waals surface area (Å²) in [5.41, 5.74) is -7.17. The zero-order chi connectivity index (χ0) is 36.6. The minimum absolute atomic E-state index is 0.0671. The average molecular weight is 673 g/mol. The molecule has 0 aromatic carbocycles. The zero-order valence-corrected chi connectivity index (χ0v) is 26.9. The predicted molar refractivity (Wildman–Crippen MR) is 152 cm³/mol. The van der Waals surface area contributed by atoms with Crippen molar-refractivity contribution < 1.29 is 69.0 Å². The van der Waals surface area contributed by atoms with Gasteiger partial charge in [-0.25, -0.2) is 0 Å². The van der Waals surface area contributed by atoms with Crippen LogP contribution in [0.4, 0.5) is 0 Å². The highest BCUT2D eigenvalue weighted by atomic mass is 16.4. The standard InChI is InChI=1S/C29H48N4O14/c1-17(34)13-29(47,26(44)45)15-21(36)31-11-7-6-10-19(24(41)42)33-27(2,3)20(35)14-28(46,16-22(37)38)25(43)32-12-8-5-9-18(30-4)23(39)40/h18-19,30,33,46-47H,5-16H2,1-4H3,(H,31,36)(H,32,43)(H,37,38)(H,39,40)(H,41,42)(H,44,45)/p-4. The maximum atomic E-state index is 13.1. The van der Waals surface area contributed by atoms with E-state index in [0.717, 1.165) is 6.92 Å². The Morgan fingerprint density at radius 1 is 0.681 bits per heavy atom. The summed E-state index contributed by atoms with van der Waals surface area (Å²) in [4.78, 5) is 94.3. The van der Waals surface area contributed by atoms with Gasteiger partial charge < -0.3 is 65.8 Å². The molecule has 0 spiro atoms. The minimum atomic E-state index is -2.75. The van der Waals surface area contributed by atoms with Crippen molar-refractivity contribution in [2.24, 2.45) is 0 Å². The number of carboxylic acids is 4. The molecule has 0 radical (unpaired) electrons. The second-order valence-corrected chi connectivity index (χ2v) is 12.0. The summed E-state index contributed by atoms with van der Waals surface area (Å²) < 4.78 is 0. The Morgan fingerprint density at radius 3 is 1.64 bits per heavy atom. The van der Waals surface area contributed by atoms with Gasteiger partial charge in [-0.15, -0.1) is 0 Å². The van der Waals surface area contributed by atoms with Crippen LogP contribution in [0.3, 0.4) is 0 Å². The second kappa shape index (κ2) is 19.6. The number of rotatable bonds is 26. The molecule has 0 aromatic heterocycles. The number of unbranched alkanes of at least 4 members (excludes halogenated alkanes) is 2. The van der Waals surface area contributed by atoms with Crippen molar-refractivity contribution in [2.75, 3.05) is 20.1 Å². The number of nitrogens with one attached hydrogen (secondary N) is 4. The van der Waals surface area contributed by atoms with Crippen LogP contribution < -0.4 is 41.7 Å². The first kappa shape index (κ1) is 43.0. The van der Waals surface area contributed by atoms with Gasteiger partial charge in [-0.1, -0.05) is 0 Å². The number of ketones is 2. The Morgan fingerprint density at radius 2 is 1.19 bits per heavy atom. The van der Waals surface area contributed by atoms with E-state index in [4.69, 9.17) is 0 Å². The van der Waals surface area contributed by atoms with Crippen molar-refractivity contribution in [1.29, 1.82) is 0 Å². The van der Waals surface area contributed by atoms with Gasteiger partial charge in [-0.3, -0.25) is 24.5 Å². The number of likely N-dealkylation sites (N-methyl/N-ethyl adjacent to an activating group) is 1. The fourth-order valence-electron chi connectivity index (χ4n) is 4.58. The van der Waals surface area contributed by atoms with Crippen molar-refractivity contribution in [3.05, 3.63) is 0 Å². The van der Waals surface area contributed by atoms with Crippen molar-refractivity contribution >= 4 is 47.3 Å². The van der Waals surface area contributed by atoms with Crippen LogP contribution in [-0.4, -0.2) is 106 Å². The molecule has 4 unspecified atom stereocenters. The predicted octanol–water partition coefficient (Wildman–Crippen LogP) is -6.94. The molecule has 268 valence electrons. The van der Waals surface area contributed by atoms with Crippen LogP contribution in [0.1, 0.15) is 85.0 Å². The van der Waals surface area contributed by atoms with Crippen LogP contribution in [-0.2, 0) is 38.4 Å². The molecule has 0 saturated carbocycles. The zero-order valence-electron chi connectivity index (χ0n) is 26.9. The lowest BCUT2D eigenvalue weighted by atomic mass is 9.84. The van der Waals surface area contributed by atoms with E-state index in [9.17, 15) is 69.0 Å². The minimum Gasteiger partial charge on any atom is -0.550 e. The largest absolute Gasteiger partial charge is 0.550 e. The molecule has 4 atom stereocenters. The van der Waals surface area contributed by atoms with E-state index < -0.39 is 102 Å². The fourth-order valence-corrected chi connectivity index (χ4v) is 4.58. The Hall–Kier alpha value is -4.00. The van der Waals surface area contributed by atoms with Gasteiger partial charge in [0.05, 0.1) is 29.9 Å². The quantitative estimate of drug-likeness (QED) is 0.0465. The fraction of sp³-hybridized carbons (Fsp3) is 0.724. The Labute approximate surface area is 271 Å². The van der Waals surface area contributed by atoms with Gasteiger partial charge in [-0.2, -0.15) is 0 Å². The summed E-state index contributed by atoms with van der Waals surface area (Å²) in [6.07, 6.45) is -3.18. The molecule has 0 bridgehead atoms. The first-order chi connectivity index (χ1) is 21.6. The van der Waals surface area contributed by atoms with Crippen LogP contribution in [0.2, 0.25) is 0 Å². The Kier molecular flexibility index (Phi) is 17.9. The molecule has 0 aliphatic heterocycles. The molecular formula is C29H44N4O14-4. The van der Waals surface area contributed by atoms with Gasteiger partial charge in [0.15, 0.2) is 11.4 Å². The molecular weight excluding hydrogens is 628 g/mol. The van der Waals surface area contributed by atoms with Crippen molar-refractivity contribution in [3.8, 4) is 0 Å². The lowest BCUT2D eigenvalue weighted by molar-refractivity contribution is -0.325. The number of carbonyl (C=O) groups is 8. The Bertz CT molecular complexity index is 1160. The number of Topliss-reactive ketones (excluding diaryl/α,β-unsaturated/α-hetero) is 2. The highest BCUT2D eigenvalue weighted by Gasteiger charge is 2.42. The normalized spacial score (nSPS) is 15.3. The highest BCUT2D eigenvalue weighted by Crippen LogP contribution is 2.22. The number of amides is 2. The van der Waals surface area contributed by atoms with Gasteiger partial charge in [0.2, 0.25) is 5.91 Å². The van der Waals surface area contributed by atoms with Crippen LogP contribution in [0, 0.1) is 0 Å². The number of aliphatic carboxylic acids is 4. The molecule has 0 saturated heterocycles. The van der Waals surface area contributed by atoms with E-state index in [1.807, 2.05) is 0 Å². The molecule has 0 aliphatic rings. The van der Waals surface area contributed by atoms with E-state index in [1.54, 1.807) is 0 Å². The molecule has 18 nitrogen and oxygen atoms in total. The lowest BCUT2D eigenvalue weighted by Crippen LogP contribution is -2.60. The lowest BCUT2D eigenvalue weighted by Gasteiger charge is -2.34. The highest BCUT2D eigenvalue weighted by molar-refractivity contribution is 5.97. The SMILES string of the molecule is CNC(CCCCNC(=O)C(O)(CC(=O)[O-])CC(=O)C(C)(C)NC(CCCCNC(=O)CC(O)(CC(C)=O)C(=O)[O-])C(=O)[O-])C(=O)[O-]. The molecule has 2 amide bonds. The maximum absolute atomic E-state index is 13.1. The van der Waals surface area contributed by atoms with E-state index >= 15 is 0 Å². The molecule has 0 aliphatic carbocycles. The first-order valence-corrected chi connectivity index (χ1v) is 14.9. The third-order valence-corrected chi connectivity index (χ3v) is 7.28. The second-order valence-electron chi connectivity index (χ2n) is 12.0. The van der Waals surface area contributed by atoms with E-state index in [1.165, 1.54) is 20.9 Å². The molecule has 0 heterocycles. The smallest absolute Gasteiger partial charge is 0.252 e. The number of carbonyl (C=O) groups excluding carboxylic acids is 8. The topological polar surface area (TPSA) is 317 Å². The third kappa shape index (κ3) is 15.9. The summed E-state index contributed by atoms with van der Waals surface area (Å²) in [7, 11) is 1.43. The van der Waals surface area contributed by atoms with Crippen molar-refractivity contribution in [2.45, 2.75) is 114 Å². The Balaban J connectivity index is 5.15. The molecule has 47 heavy (non-hydrogen) atoms. The summed E-state index contributed by atoms with van der Waals surface area (Å²) >= 11 is 0. The van der Waals surface area contributed by atoms with Gasteiger partial charge >= 0.3 is 0 Å². The average Bonchev–Trinajstić information content (AvgIpc) is 2.92. The van der Waals surface area contributed by atoms with Crippen molar-refractivity contribution in [1.82, 2.24) is 21.3 Å². The summed E-state index contributed by atoms with van der Waals surface area (Å²) in [6, 6.07) is -2.37. The van der Waals surface area contributed by atoms with Crippen LogP contribution in [0.5, 0.6) is 0 Å². The molecule has 18 heteroatoms. The number of aliphatic hydroxyl groups is 2. The van der Waals surface area contributed by atoms with Crippen molar-refractivity contribution in [3.63, 3.8) is 0 Å². The number of hydrogen-bond donors (Lipinski definition) is 6. The summed E-state index contributed by atoms with van der Waals surface area (Å²) in [5, 5.41) is 75.8. The maximum Gasteiger partial charge on any atom is 0.252 e. The number of carboxylic acid groups (broad SMARTS) is 4. The molecule has 0 rings (SSSR count). The van der Waals surface area contributed by atoms with Gasteiger partial charge in [0.25, 0.3) is 5.91 Å². The van der Waals surface area contributed by atoms with Gasteiger partial charge in [-0.05, 0) is 66.3 Å². The monoisotopic (exact) mass is 672 g/mol. The number of hydrogen-bond acceptors (Lipinski definition) is 16. The van der Waals surface area contributed by atoms with Crippen LogP contribution in [0.25, 0.3) is 0 Å².